The topological polar surface area (TPSA) is 67.8 Å². The zero-order valence-corrected chi connectivity index (χ0v) is 8.85. The number of amides is 1. The summed E-state index contributed by atoms with van der Waals surface area (Å²) in [5.41, 5.74) is 0.310. The van der Waals surface area contributed by atoms with Gasteiger partial charge in [0.25, 0.3) is 5.91 Å². The van der Waals surface area contributed by atoms with Crippen LogP contribution in [0.5, 0.6) is 0 Å². The smallest absolute Gasteiger partial charge is 0.275 e. The number of anilines is 1. The van der Waals surface area contributed by atoms with Crippen molar-refractivity contribution in [3.63, 3.8) is 0 Å². The van der Waals surface area contributed by atoms with Crippen LogP contribution in [0.4, 0.5) is 5.82 Å². The van der Waals surface area contributed by atoms with E-state index in [2.05, 4.69) is 20.3 Å². The highest BCUT2D eigenvalue weighted by atomic mass is 35.5. The molecule has 0 saturated heterocycles. The summed E-state index contributed by atoms with van der Waals surface area (Å²) in [5.74, 6) is -0.0553. The normalized spacial score (nSPS) is 9.81. The lowest BCUT2D eigenvalue weighted by Crippen LogP contribution is -2.14. The average Bonchev–Trinajstić information content (AvgIpc) is 2.30. The molecule has 2 heterocycles. The second-order valence-corrected chi connectivity index (χ2v) is 3.28. The highest BCUT2D eigenvalue weighted by Crippen LogP contribution is 2.07. The number of pyridine rings is 1. The summed E-state index contributed by atoms with van der Waals surface area (Å²) in [4.78, 5) is 23.2. The highest BCUT2D eigenvalue weighted by Gasteiger charge is 2.07. The van der Waals surface area contributed by atoms with Crippen molar-refractivity contribution in [3.8, 4) is 0 Å². The Morgan fingerprint density at radius 3 is 2.88 bits per heavy atom. The molecule has 6 heteroatoms. The summed E-state index contributed by atoms with van der Waals surface area (Å²) < 4.78 is 0. The molecule has 0 aromatic carbocycles. The molecule has 1 N–H and O–H groups in total. The van der Waals surface area contributed by atoms with Gasteiger partial charge in [0, 0.05) is 6.20 Å². The molecule has 1 amide bonds. The molecule has 0 saturated carbocycles. The number of halogens is 1. The minimum absolute atomic E-state index is 0.221. The molecule has 0 aliphatic rings. The Kier molecular flexibility index (Phi) is 3.07. The first-order chi connectivity index (χ1) is 7.75. The van der Waals surface area contributed by atoms with Gasteiger partial charge in [-0.15, -0.1) is 0 Å². The van der Waals surface area contributed by atoms with E-state index in [1.807, 2.05) is 0 Å². The fourth-order valence-corrected chi connectivity index (χ4v) is 1.23. The van der Waals surface area contributed by atoms with E-state index < -0.39 is 0 Å². The van der Waals surface area contributed by atoms with Gasteiger partial charge in [0.05, 0.1) is 12.4 Å². The zero-order chi connectivity index (χ0) is 11.4. The van der Waals surface area contributed by atoms with Crippen molar-refractivity contribution in [2.45, 2.75) is 0 Å². The summed E-state index contributed by atoms with van der Waals surface area (Å²) >= 11 is 5.63. The molecule has 80 valence electrons. The molecule has 0 spiro atoms. The highest BCUT2D eigenvalue weighted by molar-refractivity contribution is 6.29. The van der Waals surface area contributed by atoms with Crippen LogP contribution in [0.25, 0.3) is 0 Å². The van der Waals surface area contributed by atoms with Gasteiger partial charge in [-0.2, -0.15) is 0 Å². The maximum Gasteiger partial charge on any atom is 0.275 e. The van der Waals surface area contributed by atoms with E-state index >= 15 is 0 Å². The number of nitrogens with one attached hydrogen (secondary N) is 1. The van der Waals surface area contributed by atoms with Gasteiger partial charge in [-0.1, -0.05) is 17.7 Å². The van der Waals surface area contributed by atoms with Crippen molar-refractivity contribution in [2.75, 3.05) is 5.32 Å². The molecule has 0 bridgehead atoms. The minimum Gasteiger partial charge on any atom is -0.304 e. The van der Waals surface area contributed by atoms with E-state index in [1.54, 1.807) is 24.4 Å². The van der Waals surface area contributed by atoms with Crippen LogP contribution in [-0.2, 0) is 0 Å². The van der Waals surface area contributed by atoms with Gasteiger partial charge in [0.2, 0.25) is 0 Å². The summed E-state index contributed by atoms with van der Waals surface area (Å²) in [6, 6.07) is 5.06. The van der Waals surface area contributed by atoms with Crippen LogP contribution in [-0.4, -0.2) is 20.9 Å². The Hall–Kier alpha value is -2.01. The molecule has 2 rings (SSSR count). The van der Waals surface area contributed by atoms with Crippen molar-refractivity contribution in [2.24, 2.45) is 0 Å². The first-order valence-corrected chi connectivity index (χ1v) is 4.83. The molecule has 0 atom stereocenters. The van der Waals surface area contributed by atoms with E-state index in [-0.39, 0.29) is 11.1 Å². The molecule has 5 nitrogen and oxygen atoms in total. The van der Waals surface area contributed by atoms with Crippen LogP contribution < -0.4 is 5.32 Å². The quantitative estimate of drug-likeness (QED) is 0.860. The zero-order valence-electron chi connectivity index (χ0n) is 8.09. The van der Waals surface area contributed by atoms with Crippen LogP contribution in [0.15, 0.2) is 36.8 Å². The Morgan fingerprint density at radius 1 is 1.31 bits per heavy atom. The molecule has 2 aromatic heterocycles. The van der Waals surface area contributed by atoms with Crippen LogP contribution >= 0.6 is 11.6 Å². The van der Waals surface area contributed by atoms with E-state index in [1.165, 1.54) is 12.4 Å². The van der Waals surface area contributed by atoms with Gasteiger partial charge in [0.15, 0.2) is 5.82 Å². The van der Waals surface area contributed by atoms with Gasteiger partial charge >= 0.3 is 0 Å². The van der Waals surface area contributed by atoms with E-state index in [4.69, 9.17) is 11.6 Å². The predicted octanol–water partition coefficient (Wildman–Crippen LogP) is 1.78. The molecule has 0 aliphatic heterocycles. The van der Waals surface area contributed by atoms with Crippen LogP contribution in [0.1, 0.15) is 10.5 Å². The molecule has 2 aromatic rings. The van der Waals surface area contributed by atoms with Gasteiger partial charge < -0.3 is 5.32 Å². The SMILES string of the molecule is O=C(Nc1cncc(Cl)n1)c1ccccn1. The van der Waals surface area contributed by atoms with Crippen LogP contribution in [0.3, 0.4) is 0 Å². The summed E-state index contributed by atoms with van der Waals surface area (Å²) in [6.07, 6.45) is 4.34. The third-order valence-corrected chi connectivity index (χ3v) is 1.93. The largest absolute Gasteiger partial charge is 0.304 e. The van der Waals surface area contributed by atoms with E-state index in [0.29, 0.717) is 11.5 Å². The van der Waals surface area contributed by atoms with Crippen molar-refractivity contribution in [1.29, 1.82) is 0 Å². The van der Waals surface area contributed by atoms with Crippen molar-refractivity contribution >= 4 is 23.3 Å². The van der Waals surface area contributed by atoms with E-state index in [9.17, 15) is 4.79 Å². The fraction of sp³-hybridized carbons (Fsp3) is 0. The van der Waals surface area contributed by atoms with Gasteiger partial charge in [-0.25, -0.2) is 4.98 Å². The Morgan fingerprint density at radius 2 is 2.19 bits per heavy atom. The van der Waals surface area contributed by atoms with Gasteiger partial charge in [-0.05, 0) is 12.1 Å². The fourth-order valence-electron chi connectivity index (χ4n) is 1.08. The van der Waals surface area contributed by atoms with Gasteiger partial charge in [0.1, 0.15) is 10.8 Å². The molecule has 16 heavy (non-hydrogen) atoms. The third-order valence-electron chi connectivity index (χ3n) is 1.74. The predicted molar refractivity (Wildman–Crippen MR) is 59.2 cm³/mol. The number of nitrogens with zero attached hydrogens (tertiary/aromatic N) is 3. The molecule has 0 fully saturated rings. The van der Waals surface area contributed by atoms with Crippen molar-refractivity contribution < 1.29 is 4.79 Å². The lowest BCUT2D eigenvalue weighted by atomic mass is 10.3. The number of carbonyl (C=O) groups is 1. The summed E-state index contributed by atoms with van der Waals surface area (Å²) in [7, 11) is 0. The van der Waals surface area contributed by atoms with Gasteiger partial charge in [-0.3, -0.25) is 14.8 Å². The molecular weight excluding hydrogens is 228 g/mol. The molecular formula is C10H7ClN4O. The lowest BCUT2D eigenvalue weighted by Gasteiger charge is -2.02. The Balaban J connectivity index is 2.14. The lowest BCUT2D eigenvalue weighted by molar-refractivity contribution is 0.102. The molecule has 0 unspecified atom stereocenters. The minimum atomic E-state index is -0.350. The molecule has 0 radical (unpaired) electrons. The first-order valence-electron chi connectivity index (χ1n) is 4.45. The van der Waals surface area contributed by atoms with E-state index in [0.717, 1.165) is 0 Å². The summed E-state index contributed by atoms with van der Waals surface area (Å²) in [5, 5.41) is 2.76. The number of hydrogen-bond acceptors (Lipinski definition) is 4. The monoisotopic (exact) mass is 234 g/mol. The maximum atomic E-state index is 11.6. The maximum absolute atomic E-state index is 11.6. The van der Waals surface area contributed by atoms with Crippen LogP contribution in [0.2, 0.25) is 5.15 Å². The summed E-state index contributed by atoms with van der Waals surface area (Å²) in [6.45, 7) is 0. The number of aromatic nitrogens is 3. The molecule has 0 aliphatic carbocycles. The standard InChI is InChI=1S/C10H7ClN4O/c11-8-5-12-6-9(14-8)15-10(16)7-3-1-2-4-13-7/h1-6H,(H,14,15,16). The second kappa shape index (κ2) is 4.67. The number of carbonyl (C=O) groups excluding carboxylic acids is 1. The first kappa shape index (κ1) is 10.5. The van der Waals surface area contributed by atoms with Crippen molar-refractivity contribution in [3.05, 3.63) is 47.6 Å². The van der Waals surface area contributed by atoms with Crippen molar-refractivity contribution in [1.82, 2.24) is 15.0 Å². The Labute approximate surface area is 96.5 Å². The number of rotatable bonds is 2. The second-order valence-electron chi connectivity index (χ2n) is 2.90. The Bertz CT molecular complexity index is 503. The third kappa shape index (κ3) is 2.52. The number of hydrogen-bond donors (Lipinski definition) is 1. The average molecular weight is 235 g/mol. The van der Waals surface area contributed by atoms with Crippen LogP contribution in [0, 0.1) is 0 Å².